The second-order valence-electron chi connectivity index (χ2n) is 6.13. The number of carbonyl (C=O) groups excluding carboxylic acids is 2. The minimum Gasteiger partial charge on any atom is -0.465 e. The van der Waals surface area contributed by atoms with E-state index in [9.17, 15) is 9.59 Å². The number of nitrogens with zero attached hydrogens (tertiary/aromatic N) is 1. The van der Waals surface area contributed by atoms with Crippen LogP contribution in [0.15, 0.2) is 36.4 Å². The molecule has 4 nitrogen and oxygen atoms in total. The summed E-state index contributed by atoms with van der Waals surface area (Å²) in [5, 5.41) is 0.501. The van der Waals surface area contributed by atoms with Gasteiger partial charge in [0.1, 0.15) is 0 Å². The maximum absolute atomic E-state index is 12.8. The molecule has 0 aromatic heterocycles. The van der Waals surface area contributed by atoms with E-state index in [2.05, 4.69) is 0 Å². The van der Waals surface area contributed by atoms with Gasteiger partial charge >= 0.3 is 5.97 Å². The molecule has 2 aromatic carbocycles. The fourth-order valence-electron chi connectivity index (χ4n) is 3.85. The first-order valence-corrected chi connectivity index (χ1v) is 8.28. The molecule has 5 heteroatoms. The van der Waals surface area contributed by atoms with Crippen LogP contribution in [0, 0.1) is 0 Å². The third-order valence-corrected chi connectivity index (χ3v) is 5.25. The van der Waals surface area contributed by atoms with Crippen molar-refractivity contribution in [1.29, 1.82) is 0 Å². The first kappa shape index (κ1) is 15.2. The molecule has 1 aliphatic carbocycles. The second-order valence-corrected chi connectivity index (χ2v) is 6.53. The van der Waals surface area contributed by atoms with E-state index in [0.717, 1.165) is 29.5 Å². The van der Waals surface area contributed by atoms with Gasteiger partial charge in [0, 0.05) is 6.54 Å². The summed E-state index contributed by atoms with van der Waals surface area (Å²) in [7, 11) is 1.39. The number of esters is 1. The summed E-state index contributed by atoms with van der Waals surface area (Å²) in [6.45, 7) is 0.557. The largest absolute Gasteiger partial charge is 0.465 e. The van der Waals surface area contributed by atoms with Crippen LogP contribution in [-0.4, -0.2) is 23.9 Å². The molecule has 0 radical (unpaired) electrons. The highest BCUT2D eigenvalue weighted by molar-refractivity contribution is 6.34. The van der Waals surface area contributed by atoms with Crippen LogP contribution in [0.5, 0.6) is 0 Å². The van der Waals surface area contributed by atoms with E-state index in [1.807, 2.05) is 29.2 Å². The maximum atomic E-state index is 12.8. The summed E-state index contributed by atoms with van der Waals surface area (Å²) >= 11 is 6.21. The van der Waals surface area contributed by atoms with Crippen molar-refractivity contribution < 1.29 is 14.3 Å². The Bertz CT molecular complexity index is 862. The van der Waals surface area contributed by atoms with Gasteiger partial charge < -0.3 is 9.64 Å². The van der Waals surface area contributed by atoms with Gasteiger partial charge in [0.05, 0.1) is 29.3 Å². The van der Waals surface area contributed by atoms with E-state index in [-0.39, 0.29) is 17.9 Å². The smallest absolute Gasteiger partial charge is 0.338 e. The zero-order chi connectivity index (χ0) is 16.8. The Kier molecular flexibility index (Phi) is 3.57. The number of ether oxygens (including phenoxy) is 1. The Balaban J connectivity index is 1.72. The lowest BCUT2D eigenvalue weighted by Crippen LogP contribution is -2.28. The minimum atomic E-state index is -0.327. The SMILES string of the molecule is COC(=O)c1cccc2c1CC[C@@H]2N1Cc2cccc(Cl)c2C1=O. The van der Waals surface area contributed by atoms with Gasteiger partial charge in [-0.25, -0.2) is 4.79 Å². The third-order valence-electron chi connectivity index (χ3n) is 4.94. The van der Waals surface area contributed by atoms with Gasteiger partial charge in [-0.05, 0) is 41.7 Å². The van der Waals surface area contributed by atoms with E-state index in [1.165, 1.54) is 7.11 Å². The van der Waals surface area contributed by atoms with Crippen molar-refractivity contribution in [3.8, 4) is 0 Å². The molecule has 0 spiro atoms. The lowest BCUT2D eigenvalue weighted by Gasteiger charge is -2.25. The van der Waals surface area contributed by atoms with Gasteiger partial charge in [-0.1, -0.05) is 35.9 Å². The van der Waals surface area contributed by atoms with Crippen molar-refractivity contribution >= 4 is 23.5 Å². The van der Waals surface area contributed by atoms with Crippen LogP contribution in [0.25, 0.3) is 0 Å². The van der Waals surface area contributed by atoms with Crippen LogP contribution in [0.3, 0.4) is 0 Å². The van der Waals surface area contributed by atoms with Crippen molar-refractivity contribution in [3.63, 3.8) is 0 Å². The van der Waals surface area contributed by atoms with Gasteiger partial charge in [-0.3, -0.25) is 4.79 Å². The lowest BCUT2D eigenvalue weighted by molar-refractivity contribution is 0.0599. The standard InChI is InChI=1S/C19H16ClNO3/c1-24-19(23)14-6-3-5-13-12(14)8-9-16(13)21-10-11-4-2-7-15(20)17(11)18(21)22/h2-7,16H,8-10H2,1H3/t16-/m0/s1. The number of hydrogen-bond donors (Lipinski definition) is 0. The number of methoxy groups -OCH3 is 1. The van der Waals surface area contributed by atoms with Crippen LogP contribution in [0.4, 0.5) is 0 Å². The predicted octanol–water partition coefficient (Wildman–Crippen LogP) is 3.77. The topological polar surface area (TPSA) is 46.6 Å². The highest BCUT2D eigenvalue weighted by Gasteiger charge is 2.38. The van der Waals surface area contributed by atoms with E-state index in [0.29, 0.717) is 22.7 Å². The second kappa shape index (κ2) is 5.64. The van der Waals surface area contributed by atoms with Gasteiger partial charge in [0.15, 0.2) is 0 Å². The quantitative estimate of drug-likeness (QED) is 0.781. The summed E-state index contributed by atoms with van der Waals surface area (Å²) in [4.78, 5) is 26.7. The molecule has 2 aliphatic rings. The lowest BCUT2D eigenvalue weighted by atomic mass is 10.0. The van der Waals surface area contributed by atoms with Crippen LogP contribution in [0.1, 0.15) is 49.9 Å². The minimum absolute atomic E-state index is 0.0272. The van der Waals surface area contributed by atoms with Gasteiger partial charge in [-0.2, -0.15) is 0 Å². The summed E-state index contributed by atoms with van der Waals surface area (Å²) in [6.07, 6.45) is 1.57. The number of rotatable bonds is 2. The summed E-state index contributed by atoms with van der Waals surface area (Å²) < 4.78 is 4.87. The highest BCUT2D eigenvalue weighted by Crippen LogP contribution is 2.42. The van der Waals surface area contributed by atoms with E-state index < -0.39 is 0 Å². The monoisotopic (exact) mass is 341 g/mol. The van der Waals surface area contributed by atoms with Gasteiger partial charge in [0.2, 0.25) is 0 Å². The van der Waals surface area contributed by atoms with E-state index >= 15 is 0 Å². The van der Waals surface area contributed by atoms with Crippen LogP contribution < -0.4 is 0 Å². The zero-order valence-corrected chi connectivity index (χ0v) is 14.0. The molecule has 0 saturated heterocycles. The number of halogens is 1. The Morgan fingerprint density at radius 2 is 2.04 bits per heavy atom. The molecule has 24 heavy (non-hydrogen) atoms. The van der Waals surface area contributed by atoms with Gasteiger partial charge in [-0.15, -0.1) is 0 Å². The number of carbonyl (C=O) groups is 2. The Labute approximate surface area is 145 Å². The molecular weight excluding hydrogens is 326 g/mol. The number of fused-ring (bicyclic) bond motifs is 2. The average molecular weight is 342 g/mol. The molecule has 0 unspecified atom stereocenters. The van der Waals surface area contributed by atoms with Crippen LogP contribution in [0.2, 0.25) is 5.02 Å². The fourth-order valence-corrected chi connectivity index (χ4v) is 4.12. The molecule has 4 rings (SSSR count). The van der Waals surface area contributed by atoms with Crippen LogP contribution >= 0.6 is 11.6 Å². The van der Waals surface area contributed by atoms with Crippen molar-refractivity contribution in [2.24, 2.45) is 0 Å². The number of amides is 1. The third kappa shape index (κ3) is 2.13. The van der Waals surface area contributed by atoms with Crippen molar-refractivity contribution in [2.45, 2.75) is 25.4 Å². The molecule has 1 atom stereocenters. The Hall–Kier alpha value is -2.33. The first-order chi connectivity index (χ1) is 11.6. The molecule has 122 valence electrons. The summed E-state index contributed by atoms with van der Waals surface area (Å²) in [5.41, 5.74) is 4.20. The highest BCUT2D eigenvalue weighted by atomic mass is 35.5. The molecular formula is C19H16ClNO3. The maximum Gasteiger partial charge on any atom is 0.338 e. The molecule has 0 N–H and O–H groups in total. The van der Waals surface area contributed by atoms with E-state index in [1.54, 1.807) is 12.1 Å². The molecule has 1 aliphatic heterocycles. The number of hydrogen-bond acceptors (Lipinski definition) is 3. The molecule has 0 saturated carbocycles. The Morgan fingerprint density at radius 1 is 1.25 bits per heavy atom. The fraction of sp³-hybridized carbons (Fsp3) is 0.263. The van der Waals surface area contributed by atoms with E-state index in [4.69, 9.17) is 16.3 Å². The molecule has 1 heterocycles. The molecule has 2 aromatic rings. The normalized spacial score (nSPS) is 18.5. The predicted molar refractivity (Wildman–Crippen MR) is 90.2 cm³/mol. The van der Waals surface area contributed by atoms with Crippen molar-refractivity contribution in [2.75, 3.05) is 7.11 Å². The van der Waals surface area contributed by atoms with Crippen molar-refractivity contribution in [3.05, 3.63) is 69.2 Å². The van der Waals surface area contributed by atoms with Gasteiger partial charge in [0.25, 0.3) is 5.91 Å². The molecule has 0 fully saturated rings. The zero-order valence-electron chi connectivity index (χ0n) is 13.2. The first-order valence-electron chi connectivity index (χ1n) is 7.90. The molecule has 1 amide bonds. The number of benzene rings is 2. The average Bonchev–Trinajstić information content (AvgIpc) is 3.16. The Morgan fingerprint density at radius 3 is 2.79 bits per heavy atom. The molecule has 0 bridgehead atoms. The summed E-state index contributed by atoms with van der Waals surface area (Å²) in [5.74, 6) is -0.358. The van der Waals surface area contributed by atoms with Crippen LogP contribution in [-0.2, 0) is 17.7 Å². The van der Waals surface area contributed by atoms with Crippen molar-refractivity contribution in [1.82, 2.24) is 4.90 Å². The summed E-state index contributed by atoms with van der Waals surface area (Å²) in [6, 6.07) is 11.2.